The van der Waals surface area contributed by atoms with Gasteiger partial charge in [0.25, 0.3) is 0 Å². The second-order valence-electron chi connectivity index (χ2n) is 5.11. The molecule has 0 radical (unpaired) electrons. The molecule has 1 aromatic heterocycles. The molecule has 1 aliphatic carbocycles. The van der Waals surface area contributed by atoms with Gasteiger partial charge in [-0.3, -0.25) is 9.36 Å². The predicted octanol–water partition coefficient (Wildman–Crippen LogP) is 0.412. The number of rotatable bonds is 3. The van der Waals surface area contributed by atoms with Crippen LogP contribution in [-0.2, 0) is 11.3 Å². The quantitative estimate of drug-likeness (QED) is 0.809. The number of nitrogens with one attached hydrogen (secondary N) is 1. The summed E-state index contributed by atoms with van der Waals surface area (Å²) >= 11 is 0. The van der Waals surface area contributed by atoms with Gasteiger partial charge in [0, 0.05) is 6.54 Å². The minimum absolute atomic E-state index is 0.264. The lowest BCUT2D eigenvalue weighted by Crippen LogP contribution is -2.24. The summed E-state index contributed by atoms with van der Waals surface area (Å²) in [6.45, 7) is 4.52. The molecule has 1 aliphatic rings. The van der Waals surface area contributed by atoms with Gasteiger partial charge in [0.05, 0.1) is 29.3 Å². The third-order valence-electron chi connectivity index (χ3n) is 3.25. The van der Waals surface area contributed by atoms with E-state index >= 15 is 0 Å². The first-order valence-corrected chi connectivity index (χ1v) is 5.97. The number of fused-ring (bicyclic) bond motifs is 1. The average Bonchev–Trinajstić information content (AvgIpc) is 2.77. The van der Waals surface area contributed by atoms with E-state index in [2.05, 4.69) is 11.1 Å². The molecular formula is C12H16N4O2. The van der Waals surface area contributed by atoms with Crippen LogP contribution >= 0.6 is 0 Å². The van der Waals surface area contributed by atoms with Crippen LogP contribution in [0.3, 0.4) is 0 Å². The van der Waals surface area contributed by atoms with Crippen molar-refractivity contribution < 1.29 is 4.79 Å². The van der Waals surface area contributed by atoms with Crippen molar-refractivity contribution >= 4 is 5.91 Å². The van der Waals surface area contributed by atoms with Crippen LogP contribution < -0.4 is 11.4 Å². The van der Waals surface area contributed by atoms with Crippen molar-refractivity contribution in [2.75, 3.05) is 0 Å². The Kier molecular flexibility index (Phi) is 2.99. The highest BCUT2D eigenvalue weighted by atomic mass is 16.2. The second kappa shape index (κ2) is 4.33. The van der Waals surface area contributed by atoms with E-state index in [1.54, 1.807) is 4.57 Å². The lowest BCUT2D eigenvalue weighted by molar-refractivity contribution is -0.119. The van der Waals surface area contributed by atoms with Crippen molar-refractivity contribution in [2.45, 2.75) is 38.6 Å². The topological polar surface area (TPSA) is 105 Å². The highest BCUT2D eigenvalue weighted by Crippen LogP contribution is 2.39. The number of amides is 1. The Morgan fingerprint density at radius 1 is 1.67 bits per heavy atom. The number of hydrogen-bond acceptors (Lipinski definition) is 3. The van der Waals surface area contributed by atoms with E-state index in [1.165, 1.54) is 0 Å². The Morgan fingerprint density at radius 2 is 2.33 bits per heavy atom. The summed E-state index contributed by atoms with van der Waals surface area (Å²) in [7, 11) is 0. The van der Waals surface area contributed by atoms with E-state index in [-0.39, 0.29) is 11.6 Å². The molecule has 1 amide bonds. The highest BCUT2D eigenvalue weighted by molar-refractivity contribution is 5.83. The Hall–Kier alpha value is -2.03. The van der Waals surface area contributed by atoms with E-state index in [0.29, 0.717) is 24.4 Å². The smallest absolute Gasteiger partial charge is 0.325 e. The van der Waals surface area contributed by atoms with Gasteiger partial charge >= 0.3 is 5.69 Å². The number of nitriles is 1. The molecule has 6 heteroatoms. The summed E-state index contributed by atoms with van der Waals surface area (Å²) in [6.07, 6.45) is 0.366. The maximum Gasteiger partial charge on any atom is 0.325 e. The lowest BCUT2D eigenvalue weighted by Gasteiger charge is -2.10. The van der Waals surface area contributed by atoms with Crippen LogP contribution in [0.25, 0.3) is 0 Å². The van der Waals surface area contributed by atoms with E-state index in [4.69, 9.17) is 11.0 Å². The number of primary amides is 1. The average molecular weight is 248 g/mol. The molecule has 1 aromatic rings. The first-order valence-electron chi connectivity index (χ1n) is 5.97. The molecule has 0 spiro atoms. The lowest BCUT2D eigenvalue weighted by atomic mass is 10.0. The summed E-state index contributed by atoms with van der Waals surface area (Å²) in [5.74, 6) is -1.19. The number of carbonyl (C=O) groups is 1. The first-order chi connectivity index (χ1) is 8.45. The summed E-state index contributed by atoms with van der Waals surface area (Å²) < 4.78 is 1.57. The highest BCUT2D eigenvalue weighted by Gasteiger charge is 2.39. The standard InChI is InChI=1S/C12H16N4O2/c1-6(2)5-16-10-7(4-13)3-8(11(14)17)9(10)15-12(16)18/h6-8H,3,5H2,1-2H3,(H2,14,17)(H,15,18). The monoisotopic (exact) mass is 248 g/mol. The summed E-state index contributed by atoms with van der Waals surface area (Å²) in [6, 6.07) is 2.14. The molecule has 2 rings (SSSR count). The maximum absolute atomic E-state index is 11.9. The zero-order valence-corrected chi connectivity index (χ0v) is 10.4. The van der Waals surface area contributed by atoms with Gasteiger partial charge in [-0.05, 0) is 12.3 Å². The number of aromatic nitrogens is 2. The fourth-order valence-corrected chi connectivity index (χ4v) is 2.53. The van der Waals surface area contributed by atoms with Crippen molar-refractivity contribution in [3.63, 3.8) is 0 Å². The first kappa shape index (κ1) is 12.4. The van der Waals surface area contributed by atoms with Crippen LogP contribution in [0.15, 0.2) is 4.79 Å². The molecule has 0 aliphatic heterocycles. The summed E-state index contributed by atoms with van der Waals surface area (Å²) in [5, 5.41) is 9.15. The third-order valence-corrected chi connectivity index (χ3v) is 3.25. The van der Waals surface area contributed by atoms with Gasteiger partial charge in [-0.1, -0.05) is 13.8 Å². The molecule has 0 saturated carbocycles. The number of hydrogen-bond donors (Lipinski definition) is 2. The molecule has 2 unspecified atom stereocenters. The van der Waals surface area contributed by atoms with Gasteiger partial charge in [-0.15, -0.1) is 0 Å². The summed E-state index contributed by atoms with van der Waals surface area (Å²) in [5.41, 5.74) is 6.21. The minimum Gasteiger partial charge on any atom is -0.369 e. The van der Waals surface area contributed by atoms with Gasteiger partial charge < -0.3 is 10.7 Å². The zero-order chi connectivity index (χ0) is 13.4. The van der Waals surface area contributed by atoms with Crippen LogP contribution in [0.4, 0.5) is 0 Å². The molecule has 3 N–H and O–H groups in total. The van der Waals surface area contributed by atoms with Gasteiger partial charge in [0.15, 0.2) is 0 Å². The third kappa shape index (κ3) is 1.82. The number of nitrogens with two attached hydrogens (primary N) is 1. The van der Waals surface area contributed by atoms with Gasteiger partial charge in [-0.2, -0.15) is 5.26 Å². The van der Waals surface area contributed by atoms with Crippen LogP contribution in [0.5, 0.6) is 0 Å². The van der Waals surface area contributed by atoms with Crippen LogP contribution in [0.2, 0.25) is 0 Å². The molecule has 1 heterocycles. The molecule has 18 heavy (non-hydrogen) atoms. The fourth-order valence-electron chi connectivity index (χ4n) is 2.53. The molecule has 0 aromatic carbocycles. The predicted molar refractivity (Wildman–Crippen MR) is 64.8 cm³/mol. The Balaban J connectivity index is 2.55. The SMILES string of the molecule is CC(C)Cn1c2c([nH]c1=O)C(C(N)=O)CC2C#N. The van der Waals surface area contributed by atoms with Crippen molar-refractivity contribution in [3.8, 4) is 6.07 Å². The van der Waals surface area contributed by atoms with Crippen LogP contribution in [-0.4, -0.2) is 15.5 Å². The van der Waals surface area contributed by atoms with Crippen molar-refractivity contribution in [1.29, 1.82) is 5.26 Å². The van der Waals surface area contributed by atoms with E-state index in [9.17, 15) is 9.59 Å². The number of nitrogens with zero attached hydrogens (tertiary/aromatic N) is 2. The number of imidazole rings is 1. The normalized spacial score (nSPS) is 21.9. The number of aromatic amines is 1. The van der Waals surface area contributed by atoms with Crippen molar-refractivity contribution in [2.24, 2.45) is 11.7 Å². The number of H-pyrrole nitrogens is 1. The second-order valence-corrected chi connectivity index (χ2v) is 5.11. The largest absolute Gasteiger partial charge is 0.369 e. The fraction of sp³-hybridized carbons (Fsp3) is 0.583. The minimum atomic E-state index is -0.550. The maximum atomic E-state index is 11.9. The van der Waals surface area contributed by atoms with E-state index in [0.717, 1.165) is 0 Å². The Morgan fingerprint density at radius 3 is 2.83 bits per heavy atom. The zero-order valence-electron chi connectivity index (χ0n) is 10.4. The molecule has 96 valence electrons. The van der Waals surface area contributed by atoms with E-state index in [1.807, 2.05) is 13.8 Å². The molecule has 0 saturated heterocycles. The van der Waals surface area contributed by atoms with Crippen LogP contribution in [0, 0.1) is 17.2 Å². The molecule has 2 atom stereocenters. The van der Waals surface area contributed by atoms with Gasteiger partial charge in [0.2, 0.25) is 5.91 Å². The van der Waals surface area contributed by atoms with E-state index < -0.39 is 17.7 Å². The summed E-state index contributed by atoms with van der Waals surface area (Å²) in [4.78, 5) is 25.9. The molecule has 0 fully saturated rings. The molecule has 6 nitrogen and oxygen atoms in total. The van der Waals surface area contributed by atoms with Crippen molar-refractivity contribution in [1.82, 2.24) is 9.55 Å². The van der Waals surface area contributed by atoms with Gasteiger partial charge in [-0.25, -0.2) is 4.79 Å². The molecular weight excluding hydrogens is 232 g/mol. The van der Waals surface area contributed by atoms with Crippen molar-refractivity contribution in [3.05, 3.63) is 21.9 Å². The van der Waals surface area contributed by atoms with Crippen LogP contribution in [0.1, 0.15) is 43.5 Å². The Labute approximate surface area is 104 Å². The molecule has 0 bridgehead atoms. The Bertz CT molecular complexity index is 576. The number of carbonyl (C=O) groups excluding carboxylic acids is 1. The van der Waals surface area contributed by atoms with Gasteiger partial charge in [0.1, 0.15) is 0 Å².